The molecular formula is C24H31N3O2. The number of rotatable bonds is 4. The van der Waals surface area contributed by atoms with Crippen molar-refractivity contribution in [2.45, 2.75) is 25.8 Å². The summed E-state index contributed by atoms with van der Waals surface area (Å²) in [5, 5.41) is 0. The molecule has 2 aromatic rings. The summed E-state index contributed by atoms with van der Waals surface area (Å²) in [5.74, 6) is 0.851. The van der Waals surface area contributed by atoms with Gasteiger partial charge in [0.15, 0.2) is 0 Å². The van der Waals surface area contributed by atoms with Gasteiger partial charge >= 0.3 is 0 Å². The minimum absolute atomic E-state index is 0.118. The van der Waals surface area contributed by atoms with Crippen molar-refractivity contribution in [1.82, 2.24) is 9.80 Å². The molecule has 0 spiro atoms. The number of piperidine rings is 1. The summed E-state index contributed by atoms with van der Waals surface area (Å²) in [5.41, 5.74) is 3.41. The Morgan fingerprint density at radius 3 is 2.55 bits per heavy atom. The van der Waals surface area contributed by atoms with E-state index in [0.29, 0.717) is 6.04 Å². The lowest BCUT2D eigenvalue weighted by atomic mass is 10.0. The molecule has 0 radical (unpaired) electrons. The van der Waals surface area contributed by atoms with E-state index in [0.717, 1.165) is 57.0 Å². The molecule has 0 saturated carbocycles. The van der Waals surface area contributed by atoms with Gasteiger partial charge in [0.25, 0.3) is 5.91 Å². The highest BCUT2D eigenvalue weighted by Crippen LogP contribution is 2.24. The Labute approximate surface area is 173 Å². The molecule has 1 atom stereocenters. The number of carbonyl (C=O) groups excluding carboxylic acids is 1. The molecule has 5 heteroatoms. The van der Waals surface area contributed by atoms with Crippen molar-refractivity contribution in [2.24, 2.45) is 0 Å². The van der Waals surface area contributed by atoms with E-state index in [4.69, 9.17) is 4.74 Å². The van der Waals surface area contributed by atoms with Gasteiger partial charge in [-0.2, -0.15) is 0 Å². The fraction of sp³-hybridized carbons (Fsp3) is 0.458. The zero-order valence-electron chi connectivity index (χ0n) is 17.5. The maximum Gasteiger partial charge on any atom is 0.254 e. The van der Waals surface area contributed by atoms with Crippen LogP contribution in [0.2, 0.25) is 0 Å². The van der Waals surface area contributed by atoms with Crippen LogP contribution >= 0.6 is 0 Å². The molecule has 0 aliphatic carbocycles. The van der Waals surface area contributed by atoms with Crippen LogP contribution in [0.25, 0.3) is 0 Å². The second-order valence-corrected chi connectivity index (χ2v) is 8.09. The minimum atomic E-state index is 0.118. The van der Waals surface area contributed by atoms with Crippen LogP contribution in [0.3, 0.4) is 0 Å². The van der Waals surface area contributed by atoms with Crippen molar-refractivity contribution in [1.29, 1.82) is 0 Å². The summed E-state index contributed by atoms with van der Waals surface area (Å²) in [6, 6.07) is 16.6. The molecule has 0 aromatic heterocycles. The first kappa shape index (κ1) is 19.8. The quantitative estimate of drug-likeness (QED) is 0.797. The average Bonchev–Trinajstić information content (AvgIpc) is 2.79. The molecule has 29 heavy (non-hydrogen) atoms. The highest BCUT2D eigenvalue weighted by atomic mass is 16.5. The van der Waals surface area contributed by atoms with Crippen LogP contribution in [0.4, 0.5) is 5.69 Å². The van der Waals surface area contributed by atoms with E-state index in [1.807, 2.05) is 29.2 Å². The molecule has 2 fully saturated rings. The summed E-state index contributed by atoms with van der Waals surface area (Å²) in [6.07, 6.45) is 2.24. The Bertz CT molecular complexity index is 846. The van der Waals surface area contributed by atoms with E-state index >= 15 is 0 Å². The van der Waals surface area contributed by atoms with Crippen molar-refractivity contribution in [3.05, 3.63) is 59.7 Å². The van der Waals surface area contributed by atoms with Crippen molar-refractivity contribution >= 4 is 11.6 Å². The van der Waals surface area contributed by atoms with Crippen molar-refractivity contribution in [2.75, 3.05) is 51.3 Å². The third-order valence-electron chi connectivity index (χ3n) is 6.29. The van der Waals surface area contributed by atoms with E-state index in [-0.39, 0.29) is 5.91 Å². The molecule has 4 rings (SSSR count). The third-order valence-corrected chi connectivity index (χ3v) is 6.29. The number of carbonyl (C=O) groups is 1. The molecule has 5 nitrogen and oxygen atoms in total. The average molecular weight is 394 g/mol. The molecule has 2 saturated heterocycles. The Balaban J connectivity index is 1.36. The van der Waals surface area contributed by atoms with Gasteiger partial charge in [0.1, 0.15) is 5.75 Å². The number of nitrogens with zero attached hydrogens (tertiary/aromatic N) is 3. The molecule has 2 heterocycles. The van der Waals surface area contributed by atoms with Gasteiger partial charge in [-0.25, -0.2) is 0 Å². The molecule has 0 N–H and O–H groups in total. The summed E-state index contributed by atoms with van der Waals surface area (Å²) < 4.78 is 5.28. The van der Waals surface area contributed by atoms with Gasteiger partial charge < -0.3 is 14.5 Å². The maximum absolute atomic E-state index is 13.0. The number of amides is 1. The van der Waals surface area contributed by atoms with Crippen molar-refractivity contribution in [3.8, 4) is 5.75 Å². The lowest BCUT2D eigenvalue weighted by Gasteiger charge is -2.44. The highest BCUT2D eigenvalue weighted by Gasteiger charge is 2.30. The van der Waals surface area contributed by atoms with E-state index < -0.39 is 0 Å². The Morgan fingerprint density at radius 2 is 1.79 bits per heavy atom. The summed E-state index contributed by atoms with van der Waals surface area (Å²) in [7, 11) is 1.64. The Kier molecular flexibility index (Phi) is 6.05. The Hall–Kier alpha value is -2.53. The van der Waals surface area contributed by atoms with Gasteiger partial charge in [-0.05, 0) is 49.6 Å². The van der Waals surface area contributed by atoms with Crippen LogP contribution in [0, 0.1) is 6.92 Å². The second kappa shape index (κ2) is 8.87. The number of ether oxygens (including phenoxy) is 1. The predicted molar refractivity (Wildman–Crippen MR) is 117 cm³/mol. The zero-order chi connectivity index (χ0) is 20.2. The van der Waals surface area contributed by atoms with Crippen LogP contribution in [0.1, 0.15) is 28.8 Å². The number of anilines is 1. The van der Waals surface area contributed by atoms with Gasteiger partial charge in [0.2, 0.25) is 0 Å². The minimum Gasteiger partial charge on any atom is -0.497 e. The highest BCUT2D eigenvalue weighted by molar-refractivity contribution is 5.94. The van der Waals surface area contributed by atoms with E-state index in [2.05, 4.69) is 41.0 Å². The fourth-order valence-electron chi connectivity index (χ4n) is 4.62. The number of hydrogen-bond acceptors (Lipinski definition) is 4. The smallest absolute Gasteiger partial charge is 0.254 e. The lowest BCUT2D eigenvalue weighted by molar-refractivity contribution is 0.0563. The van der Waals surface area contributed by atoms with Crippen LogP contribution in [0.5, 0.6) is 5.75 Å². The molecular weight excluding hydrogens is 362 g/mol. The number of para-hydroxylation sites is 1. The maximum atomic E-state index is 13.0. The van der Waals surface area contributed by atoms with Gasteiger partial charge in [0.05, 0.1) is 7.11 Å². The van der Waals surface area contributed by atoms with Gasteiger partial charge in [0, 0.05) is 56.6 Å². The topological polar surface area (TPSA) is 36.0 Å². The van der Waals surface area contributed by atoms with Crippen molar-refractivity contribution in [3.63, 3.8) is 0 Å². The van der Waals surface area contributed by atoms with E-state index in [9.17, 15) is 4.79 Å². The van der Waals surface area contributed by atoms with Gasteiger partial charge in [-0.1, -0.05) is 24.3 Å². The van der Waals surface area contributed by atoms with Gasteiger partial charge in [-0.3, -0.25) is 9.69 Å². The second-order valence-electron chi connectivity index (χ2n) is 8.09. The van der Waals surface area contributed by atoms with E-state index in [1.54, 1.807) is 7.11 Å². The summed E-state index contributed by atoms with van der Waals surface area (Å²) in [4.78, 5) is 20.1. The Morgan fingerprint density at radius 1 is 1.00 bits per heavy atom. The molecule has 2 aliphatic heterocycles. The summed E-state index contributed by atoms with van der Waals surface area (Å²) >= 11 is 0. The molecule has 2 aliphatic rings. The molecule has 1 unspecified atom stereocenters. The SMILES string of the molecule is COc1cccc(C(=O)N2CCCC(N3CCN(c4ccccc4C)CC3)C2)c1. The molecule has 154 valence electrons. The molecule has 1 amide bonds. The normalized spacial score (nSPS) is 20.6. The monoisotopic (exact) mass is 393 g/mol. The molecule has 2 aromatic carbocycles. The number of aryl methyl sites for hydroxylation is 1. The fourth-order valence-corrected chi connectivity index (χ4v) is 4.62. The van der Waals surface area contributed by atoms with Crippen LogP contribution in [0.15, 0.2) is 48.5 Å². The first-order valence-corrected chi connectivity index (χ1v) is 10.6. The lowest BCUT2D eigenvalue weighted by Crippen LogP contribution is -2.56. The van der Waals surface area contributed by atoms with Crippen LogP contribution in [-0.2, 0) is 0 Å². The molecule has 0 bridgehead atoms. The number of methoxy groups -OCH3 is 1. The predicted octanol–water partition coefficient (Wildman–Crippen LogP) is 3.43. The summed E-state index contributed by atoms with van der Waals surface area (Å²) in [6.45, 7) is 8.05. The van der Waals surface area contributed by atoms with E-state index in [1.165, 1.54) is 17.7 Å². The standard InChI is InChI=1S/C24H31N3O2/c1-19-7-3-4-11-23(19)26-15-13-25(14-16-26)21-9-6-12-27(18-21)24(28)20-8-5-10-22(17-20)29-2/h3-5,7-8,10-11,17,21H,6,9,12-16,18H2,1-2H3. The zero-order valence-corrected chi connectivity index (χ0v) is 17.5. The van der Waals surface area contributed by atoms with Crippen LogP contribution < -0.4 is 9.64 Å². The first-order chi connectivity index (χ1) is 14.2. The number of likely N-dealkylation sites (tertiary alicyclic amines) is 1. The number of hydrogen-bond donors (Lipinski definition) is 0. The van der Waals surface area contributed by atoms with Crippen LogP contribution in [-0.4, -0.2) is 68.1 Å². The van der Waals surface area contributed by atoms with Crippen molar-refractivity contribution < 1.29 is 9.53 Å². The number of benzene rings is 2. The first-order valence-electron chi connectivity index (χ1n) is 10.6. The van der Waals surface area contributed by atoms with Gasteiger partial charge in [-0.15, -0.1) is 0 Å². The number of piperazine rings is 1. The third kappa shape index (κ3) is 4.40. The largest absolute Gasteiger partial charge is 0.497 e.